The molecule has 0 amide bonds. The van der Waals surface area contributed by atoms with Crippen LogP contribution in [0, 0.1) is 0 Å². The molecule has 0 atom stereocenters. The summed E-state index contributed by atoms with van der Waals surface area (Å²) >= 11 is 5.91. The molecule has 0 aliphatic heterocycles. The molecule has 7 heteroatoms. The van der Waals surface area contributed by atoms with Crippen LogP contribution in [0.2, 0.25) is 5.02 Å². The minimum atomic E-state index is -3.88. The van der Waals surface area contributed by atoms with Crippen LogP contribution in [0.3, 0.4) is 0 Å². The van der Waals surface area contributed by atoms with Crippen LogP contribution >= 0.6 is 11.6 Å². The number of hydrogen-bond acceptors (Lipinski definition) is 3. The van der Waals surface area contributed by atoms with Crippen LogP contribution in [-0.4, -0.2) is 37.4 Å². The van der Waals surface area contributed by atoms with Crippen LogP contribution in [0.5, 0.6) is 0 Å². The largest absolute Gasteiger partial charge is 0.480 e. The third-order valence-electron chi connectivity index (χ3n) is 2.58. The molecule has 106 valence electrons. The Bertz CT molecular complexity index is 571. The average Bonchev–Trinajstić information content (AvgIpc) is 2.30. The van der Waals surface area contributed by atoms with Crippen LogP contribution < -0.4 is 0 Å². The Balaban J connectivity index is 3.19. The number of aryl methyl sites for hydroxylation is 1. The lowest BCUT2D eigenvalue weighted by Gasteiger charge is -2.16. The second-order valence-electron chi connectivity index (χ2n) is 4.17. The zero-order valence-corrected chi connectivity index (χ0v) is 12.3. The van der Waals surface area contributed by atoms with E-state index in [4.69, 9.17) is 16.7 Å². The van der Waals surface area contributed by atoms with Gasteiger partial charge in [0.1, 0.15) is 11.4 Å². The van der Waals surface area contributed by atoms with E-state index in [0.29, 0.717) is 0 Å². The SMILES string of the molecule is CCCc1ccc(Cl)c(S(=O)(=O)N(C)CC(=O)O)c1. The van der Waals surface area contributed by atoms with Crippen molar-refractivity contribution in [3.63, 3.8) is 0 Å². The first kappa shape index (κ1) is 15.9. The molecule has 0 aromatic heterocycles. The van der Waals surface area contributed by atoms with Gasteiger partial charge in [0, 0.05) is 7.05 Å². The number of aliphatic carboxylic acids is 1. The molecule has 1 aromatic rings. The van der Waals surface area contributed by atoms with E-state index in [2.05, 4.69) is 0 Å². The molecule has 0 unspecified atom stereocenters. The molecule has 0 aliphatic carbocycles. The van der Waals surface area contributed by atoms with E-state index < -0.39 is 22.5 Å². The van der Waals surface area contributed by atoms with E-state index in [1.54, 1.807) is 6.07 Å². The molecule has 0 bridgehead atoms. The van der Waals surface area contributed by atoms with Crippen LogP contribution in [-0.2, 0) is 21.2 Å². The third-order valence-corrected chi connectivity index (χ3v) is 4.87. The lowest BCUT2D eigenvalue weighted by Crippen LogP contribution is -2.32. The third kappa shape index (κ3) is 3.92. The van der Waals surface area contributed by atoms with Gasteiger partial charge in [0.2, 0.25) is 10.0 Å². The number of carboxylic acids is 1. The predicted octanol–water partition coefficient (Wildman–Crippen LogP) is 2.00. The van der Waals surface area contributed by atoms with Gasteiger partial charge in [-0.05, 0) is 24.1 Å². The molecule has 1 rings (SSSR count). The van der Waals surface area contributed by atoms with Crippen molar-refractivity contribution in [1.82, 2.24) is 4.31 Å². The summed E-state index contributed by atoms with van der Waals surface area (Å²) in [6, 6.07) is 4.79. The smallest absolute Gasteiger partial charge is 0.318 e. The summed E-state index contributed by atoms with van der Waals surface area (Å²) in [5, 5.41) is 8.76. The molecule has 0 fully saturated rings. The van der Waals surface area contributed by atoms with Crippen molar-refractivity contribution < 1.29 is 18.3 Å². The molecular weight excluding hydrogens is 290 g/mol. The zero-order valence-electron chi connectivity index (χ0n) is 10.8. The number of hydrogen-bond donors (Lipinski definition) is 1. The van der Waals surface area contributed by atoms with Gasteiger partial charge in [-0.1, -0.05) is 31.0 Å². The van der Waals surface area contributed by atoms with Crippen molar-refractivity contribution in [2.24, 2.45) is 0 Å². The van der Waals surface area contributed by atoms with Crippen LogP contribution in [0.15, 0.2) is 23.1 Å². The summed E-state index contributed by atoms with van der Waals surface area (Å²) in [5.41, 5.74) is 0.856. The van der Waals surface area contributed by atoms with Gasteiger partial charge in [-0.3, -0.25) is 4.79 Å². The number of carbonyl (C=O) groups is 1. The van der Waals surface area contributed by atoms with E-state index in [0.717, 1.165) is 22.7 Å². The zero-order chi connectivity index (χ0) is 14.6. The molecule has 0 radical (unpaired) electrons. The molecule has 1 aromatic carbocycles. The highest BCUT2D eigenvalue weighted by molar-refractivity contribution is 7.89. The Hall–Kier alpha value is -1.11. The second kappa shape index (κ2) is 6.36. The number of sulfonamides is 1. The van der Waals surface area contributed by atoms with Crippen LogP contribution in [0.25, 0.3) is 0 Å². The number of rotatable bonds is 6. The van der Waals surface area contributed by atoms with Gasteiger partial charge in [0.15, 0.2) is 0 Å². The Morgan fingerprint density at radius 3 is 2.58 bits per heavy atom. The summed E-state index contributed by atoms with van der Waals surface area (Å²) in [4.78, 5) is 10.6. The molecule has 5 nitrogen and oxygen atoms in total. The monoisotopic (exact) mass is 305 g/mol. The quantitative estimate of drug-likeness (QED) is 0.872. The Morgan fingerprint density at radius 1 is 1.42 bits per heavy atom. The maximum absolute atomic E-state index is 12.2. The highest BCUT2D eigenvalue weighted by Gasteiger charge is 2.25. The van der Waals surface area contributed by atoms with Crippen LogP contribution in [0.4, 0.5) is 0 Å². The normalized spacial score (nSPS) is 11.8. The molecule has 0 aliphatic rings. The Labute approximate surface area is 117 Å². The summed E-state index contributed by atoms with van der Waals surface area (Å²) < 4.78 is 25.2. The minimum Gasteiger partial charge on any atom is -0.480 e. The maximum Gasteiger partial charge on any atom is 0.318 e. The Morgan fingerprint density at radius 2 is 2.05 bits per heavy atom. The number of halogens is 1. The van der Waals surface area contributed by atoms with Gasteiger partial charge in [0.25, 0.3) is 0 Å². The first-order valence-corrected chi connectivity index (χ1v) is 7.57. The summed E-state index contributed by atoms with van der Waals surface area (Å²) in [5.74, 6) is -1.22. The number of nitrogens with zero attached hydrogens (tertiary/aromatic N) is 1. The van der Waals surface area contributed by atoms with Gasteiger partial charge in [-0.15, -0.1) is 0 Å². The minimum absolute atomic E-state index is 0.0520. The van der Waals surface area contributed by atoms with Gasteiger partial charge in [0.05, 0.1) is 5.02 Å². The van der Waals surface area contributed by atoms with E-state index >= 15 is 0 Å². The van der Waals surface area contributed by atoms with Gasteiger partial charge in [-0.2, -0.15) is 4.31 Å². The van der Waals surface area contributed by atoms with E-state index in [1.807, 2.05) is 6.92 Å². The molecule has 0 heterocycles. The van der Waals surface area contributed by atoms with Gasteiger partial charge < -0.3 is 5.11 Å². The summed E-state index contributed by atoms with van der Waals surface area (Å²) in [6.45, 7) is 1.38. The van der Waals surface area contributed by atoms with Crippen molar-refractivity contribution in [2.45, 2.75) is 24.7 Å². The van der Waals surface area contributed by atoms with Crippen molar-refractivity contribution in [3.8, 4) is 0 Å². The fourth-order valence-corrected chi connectivity index (χ4v) is 3.27. The van der Waals surface area contributed by atoms with Gasteiger partial charge in [-0.25, -0.2) is 8.42 Å². The van der Waals surface area contributed by atoms with E-state index in [9.17, 15) is 13.2 Å². The molecule has 0 spiro atoms. The fraction of sp³-hybridized carbons (Fsp3) is 0.417. The number of carboxylic acid groups (broad SMARTS) is 1. The van der Waals surface area contributed by atoms with Crippen LogP contribution in [0.1, 0.15) is 18.9 Å². The molecule has 1 N–H and O–H groups in total. The van der Waals surface area contributed by atoms with Gasteiger partial charge >= 0.3 is 5.97 Å². The van der Waals surface area contributed by atoms with E-state index in [1.165, 1.54) is 19.2 Å². The number of benzene rings is 1. The maximum atomic E-state index is 12.2. The highest BCUT2D eigenvalue weighted by Crippen LogP contribution is 2.25. The molecule has 0 saturated heterocycles. The van der Waals surface area contributed by atoms with Crippen molar-refractivity contribution in [1.29, 1.82) is 0 Å². The highest BCUT2D eigenvalue weighted by atomic mass is 35.5. The fourth-order valence-electron chi connectivity index (χ4n) is 1.63. The first-order valence-electron chi connectivity index (χ1n) is 5.75. The van der Waals surface area contributed by atoms with Crippen molar-refractivity contribution in [2.75, 3.05) is 13.6 Å². The summed E-state index contributed by atoms with van der Waals surface area (Å²) in [7, 11) is -2.67. The predicted molar refractivity (Wildman–Crippen MR) is 72.9 cm³/mol. The van der Waals surface area contributed by atoms with E-state index in [-0.39, 0.29) is 9.92 Å². The lowest BCUT2D eigenvalue weighted by atomic mass is 10.1. The Kier molecular flexibility index (Phi) is 5.34. The molecular formula is C12H16ClNO4S. The second-order valence-corrected chi connectivity index (χ2v) is 6.59. The standard InChI is InChI=1S/C12H16ClNO4S/c1-3-4-9-5-6-10(13)11(7-9)19(17,18)14(2)8-12(15)16/h5-7H,3-4,8H2,1-2H3,(H,15,16). The topological polar surface area (TPSA) is 74.7 Å². The molecule has 0 saturated carbocycles. The first-order chi connectivity index (χ1) is 8.78. The lowest BCUT2D eigenvalue weighted by molar-refractivity contribution is -0.137. The van der Waals surface area contributed by atoms with Crippen molar-refractivity contribution >= 4 is 27.6 Å². The molecule has 19 heavy (non-hydrogen) atoms. The average molecular weight is 306 g/mol. The van der Waals surface area contributed by atoms with Crippen molar-refractivity contribution in [3.05, 3.63) is 28.8 Å². The summed E-state index contributed by atoms with van der Waals surface area (Å²) in [6.07, 6.45) is 1.62. The number of likely N-dealkylation sites (N-methyl/N-ethyl adjacent to an activating group) is 1.